The van der Waals surface area contributed by atoms with Crippen LogP contribution in [-0.4, -0.2) is 30.0 Å². The third-order valence-corrected chi connectivity index (χ3v) is 2.80. The van der Waals surface area contributed by atoms with Gasteiger partial charge in [0.25, 0.3) is 0 Å². The maximum atomic E-state index is 4.02. The van der Waals surface area contributed by atoms with Crippen LogP contribution in [-0.2, 0) is 6.42 Å². The van der Waals surface area contributed by atoms with Crippen molar-refractivity contribution < 1.29 is 0 Å². The number of rotatable bonds is 5. The third kappa shape index (κ3) is 3.11. The van der Waals surface area contributed by atoms with Crippen LogP contribution in [0.3, 0.4) is 0 Å². The molecular weight excluding hydrogens is 172 g/mol. The van der Waals surface area contributed by atoms with E-state index in [9.17, 15) is 0 Å². The van der Waals surface area contributed by atoms with E-state index in [0.29, 0.717) is 0 Å². The highest BCUT2D eigenvalue weighted by atomic mass is 15.1. The lowest BCUT2D eigenvalue weighted by atomic mass is 10.2. The fraction of sp³-hybridized carbons (Fsp3) is 0.583. The number of pyridine rings is 1. The van der Waals surface area contributed by atoms with Crippen molar-refractivity contribution in [3.05, 3.63) is 30.1 Å². The highest BCUT2D eigenvalue weighted by molar-refractivity contribution is 5.09. The molecule has 2 nitrogen and oxygen atoms in total. The fourth-order valence-corrected chi connectivity index (χ4v) is 1.70. The van der Waals surface area contributed by atoms with Crippen LogP contribution >= 0.6 is 0 Å². The first-order valence-corrected chi connectivity index (χ1v) is 5.42. The van der Waals surface area contributed by atoms with Crippen LogP contribution in [0, 0.1) is 5.92 Å². The predicted octanol–water partition coefficient (Wildman–Crippen LogP) is 1.97. The van der Waals surface area contributed by atoms with Gasteiger partial charge in [0.15, 0.2) is 0 Å². The van der Waals surface area contributed by atoms with Crippen molar-refractivity contribution in [2.24, 2.45) is 5.92 Å². The molecule has 0 aromatic carbocycles. The van der Waals surface area contributed by atoms with Gasteiger partial charge in [0.1, 0.15) is 0 Å². The van der Waals surface area contributed by atoms with E-state index in [4.69, 9.17) is 0 Å². The summed E-state index contributed by atoms with van der Waals surface area (Å²) in [5, 5.41) is 0. The van der Waals surface area contributed by atoms with Crippen molar-refractivity contribution in [1.29, 1.82) is 0 Å². The van der Waals surface area contributed by atoms with Crippen molar-refractivity contribution in [2.75, 3.05) is 20.1 Å². The first-order chi connectivity index (χ1) is 6.84. The Morgan fingerprint density at radius 3 is 2.71 bits per heavy atom. The summed E-state index contributed by atoms with van der Waals surface area (Å²) < 4.78 is 0. The van der Waals surface area contributed by atoms with Crippen LogP contribution < -0.4 is 0 Å². The van der Waals surface area contributed by atoms with E-state index in [-0.39, 0.29) is 0 Å². The second kappa shape index (κ2) is 4.56. The molecule has 1 aromatic heterocycles. The van der Waals surface area contributed by atoms with Crippen molar-refractivity contribution in [3.8, 4) is 0 Å². The van der Waals surface area contributed by atoms with Crippen LogP contribution in [0.1, 0.15) is 18.4 Å². The average Bonchev–Trinajstić information content (AvgIpc) is 3.00. The Labute approximate surface area is 86.0 Å². The molecule has 2 rings (SSSR count). The number of nitrogens with zero attached hydrogens (tertiary/aromatic N) is 2. The average molecular weight is 190 g/mol. The zero-order valence-electron chi connectivity index (χ0n) is 8.82. The van der Waals surface area contributed by atoms with Crippen LogP contribution in [0.25, 0.3) is 0 Å². The highest BCUT2D eigenvalue weighted by Crippen LogP contribution is 2.29. The van der Waals surface area contributed by atoms with Gasteiger partial charge < -0.3 is 4.90 Å². The van der Waals surface area contributed by atoms with Crippen LogP contribution in [0.5, 0.6) is 0 Å². The Morgan fingerprint density at radius 2 is 2.07 bits per heavy atom. The van der Waals surface area contributed by atoms with Crippen molar-refractivity contribution in [3.63, 3.8) is 0 Å². The Hall–Kier alpha value is -0.890. The zero-order chi connectivity index (χ0) is 9.80. The van der Waals surface area contributed by atoms with Gasteiger partial charge >= 0.3 is 0 Å². The maximum absolute atomic E-state index is 4.02. The Balaban J connectivity index is 1.70. The molecule has 0 unspecified atom stereocenters. The van der Waals surface area contributed by atoms with E-state index in [2.05, 4.69) is 29.1 Å². The van der Waals surface area contributed by atoms with Gasteiger partial charge in [0.05, 0.1) is 0 Å². The van der Waals surface area contributed by atoms with Gasteiger partial charge in [-0.1, -0.05) is 0 Å². The molecule has 0 saturated heterocycles. The van der Waals surface area contributed by atoms with E-state index in [0.717, 1.165) is 12.3 Å². The lowest BCUT2D eigenvalue weighted by Gasteiger charge is -2.15. The predicted molar refractivity (Wildman–Crippen MR) is 58.2 cm³/mol. The van der Waals surface area contributed by atoms with Crippen molar-refractivity contribution >= 4 is 0 Å². The molecule has 0 radical (unpaired) electrons. The second-order valence-electron chi connectivity index (χ2n) is 4.31. The molecule has 1 heterocycles. The van der Waals surface area contributed by atoms with Gasteiger partial charge in [-0.3, -0.25) is 4.98 Å². The molecule has 1 aliphatic rings. The standard InChI is InChI=1S/C12H18N2/c1-14(10-12-2-3-12)9-6-11-4-7-13-8-5-11/h4-5,7-8,12H,2-3,6,9-10H2,1H3. The number of likely N-dealkylation sites (N-methyl/N-ethyl adjacent to an activating group) is 1. The van der Waals surface area contributed by atoms with Gasteiger partial charge in [-0.05, 0) is 49.9 Å². The van der Waals surface area contributed by atoms with E-state index in [1.165, 1.54) is 31.5 Å². The van der Waals surface area contributed by atoms with Gasteiger partial charge in [0, 0.05) is 25.5 Å². The lowest BCUT2D eigenvalue weighted by molar-refractivity contribution is 0.324. The SMILES string of the molecule is CN(CCc1ccncc1)CC1CC1. The third-order valence-electron chi connectivity index (χ3n) is 2.80. The summed E-state index contributed by atoms with van der Waals surface area (Å²) in [4.78, 5) is 6.46. The molecule has 1 saturated carbocycles. The topological polar surface area (TPSA) is 16.1 Å². The molecule has 0 bridgehead atoms. The summed E-state index contributed by atoms with van der Waals surface area (Å²) in [6, 6.07) is 4.20. The summed E-state index contributed by atoms with van der Waals surface area (Å²) in [6.45, 7) is 2.45. The molecule has 76 valence electrons. The second-order valence-corrected chi connectivity index (χ2v) is 4.31. The lowest BCUT2D eigenvalue weighted by Crippen LogP contribution is -2.23. The molecule has 14 heavy (non-hydrogen) atoms. The summed E-state index contributed by atoms with van der Waals surface area (Å²) in [5.41, 5.74) is 1.39. The highest BCUT2D eigenvalue weighted by Gasteiger charge is 2.22. The minimum Gasteiger partial charge on any atom is -0.306 e. The van der Waals surface area contributed by atoms with E-state index < -0.39 is 0 Å². The number of hydrogen-bond donors (Lipinski definition) is 0. The van der Waals surface area contributed by atoms with Crippen LogP contribution in [0.2, 0.25) is 0 Å². The maximum Gasteiger partial charge on any atom is 0.0270 e. The quantitative estimate of drug-likeness (QED) is 0.705. The fourth-order valence-electron chi connectivity index (χ4n) is 1.70. The number of hydrogen-bond acceptors (Lipinski definition) is 2. The van der Waals surface area contributed by atoms with E-state index >= 15 is 0 Å². The van der Waals surface area contributed by atoms with Gasteiger partial charge in [-0.25, -0.2) is 0 Å². The molecule has 0 amide bonds. The molecular formula is C12H18N2. The summed E-state index contributed by atoms with van der Waals surface area (Å²) in [7, 11) is 2.22. The molecule has 0 N–H and O–H groups in total. The van der Waals surface area contributed by atoms with Crippen molar-refractivity contribution in [2.45, 2.75) is 19.3 Å². The molecule has 1 fully saturated rings. The normalized spacial score (nSPS) is 16.1. The molecule has 0 atom stereocenters. The first-order valence-electron chi connectivity index (χ1n) is 5.42. The summed E-state index contributed by atoms with van der Waals surface area (Å²) in [6.07, 6.45) is 7.78. The molecule has 1 aromatic rings. The smallest absolute Gasteiger partial charge is 0.0270 e. The Morgan fingerprint density at radius 1 is 1.36 bits per heavy atom. The van der Waals surface area contributed by atoms with E-state index in [1.54, 1.807) is 0 Å². The van der Waals surface area contributed by atoms with Crippen molar-refractivity contribution in [1.82, 2.24) is 9.88 Å². The summed E-state index contributed by atoms with van der Waals surface area (Å²) in [5.74, 6) is 0.998. The first kappa shape index (κ1) is 9.66. The Kier molecular flexibility index (Phi) is 3.14. The van der Waals surface area contributed by atoms with Gasteiger partial charge in [-0.15, -0.1) is 0 Å². The minimum atomic E-state index is 0.998. The van der Waals surface area contributed by atoms with Gasteiger partial charge in [-0.2, -0.15) is 0 Å². The Bertz CT molecular complexity index is 267. The number of aromatic nitrogens is 1. The molecule has 2 heteroatoms. The zero-order valence-corrected chi connectivity index (χ0v) is 8.82. The van der Waals surface area contributed by atoms with E-state index in [1.807, 2.05) is 12.4 Å². The van der Waals surface area contributed by atoms with Crippen LogP contribution in [0.15, 0.2) is 24.5 Å². The largest absolute Gasteiger partial charge is 0.306 e. The summed E-state index contributed by atoms with van der Waals surface area (Å²) >= 11 is 0. The monoisotopic (exact) mass is 190 g/mol. The molecule has 0 spiro atoms. The molecule has 0 aliphatic heterocycles. The molecule has 1 aliphatic carbocycles. The van der Waals surface area contributed by atoms with Crippen LogP contribution in [0.4, 0.5) is 0 Å². The minimum absolute atomic E-state index is 0.998. The van der Waals surface area contributed by atoms with Gasteiger partial charge in [0.2, 0.25) is 0 Å².